The fourth-order valence-corrected chi connectivity index (χ4v) is 2.17. The molecule has 1 aliphatic rings. The smallest absolute Gasteiger partial charge is 0.225 e. The van der Waals surface area contributed by atoms with Crippen LogP contribution in [0.3, 0.4) is 0 Å². The maximum Gasteiger partial charge on any atom is 0.225 e. The first-order valence-electron chi connectivity index (χ1n) is 6.58. The number of hydrogen-bond acceptors (Lipinski definition) is 4. The topological polar surface area (TPSA) is 67.6 Å². The highest BCUT2D eigenvalue weighted by Gasteiger charge is 2.20. The van der Waals surface area contributed by atoms with E-state index in [4.69, 9.17) is 10.5 Å². The molecule has 104 valence electrons. The zero-order valence-electron chi connectivity index (χ0n) is 11.3. The van der Waals surface area contributed by atoms with E-state index in [2.05, 4.69) is 10.2 Å². The van der Waals surface area contributed by atoms with E-state index in [9.17, 15) is 4.79 Å². The summed E-state index contributed by atoms with van der Waals surface area (Å²) in [7, 11) is 2.03. The summed E-state index contributed by atoms with van der Waals surface area (Å²) in [6, 6.07) is 7.66. The third-order valence-corrected chi connectivity index (χ3v) is 3.39. The first kappa shape index (κ1) is 13.8. The van der Waals surface area contributed by atoms with E-state index in [1.165, 1.54) is 0 Å². The molecular weight excluding hydrogens is 242 g/mol. The van der Waals surface area contributed by atoms with Crippen molar-refractivity contribution in [2.24, 2.45) is 0 Å². The molecule has 1 amide bonds. The third-order valence-electron chi connectivity index (χ3n) is 3.39. The van der Waals surface area contributed by atoms with Crippen molar-refractivity contribution in [2.75, 3.05) is 37.9 Å². The normalized spacial score (nSPS) is 18.7. The number of anilines is 2. The highest BCUT2D eigenvalue weighted by atomic mass is 16.5. The van der Waals surface area contributed by atoms with Gasteiger partial charge in [-0.3, -0.25) is 4.79 Å². The Hall–Kier alpha value is -1.59. The Morgan fingerprint density at radius 3 is 3.11 bits per heavy atom. The van der Waals surface area contributed by atoms with Crippen molar-refractivity contribution in [2.45, 2.75) is 18.9 Å². The van der Waals surface area contributed by atoms with Crippen LogP contribution in [0, 0.1) is 0 Å². The Labute approximate surface area is 113 Å². The number of rotatable bonds is 5. The van der Waals surface area contributed by atoms with Crippen LogP contribution >= 0.6 is 0 Å². The van der Waals surface area contributed by atoms with Crippen molar-refractivity contribution in [1.82, 2.24) is 4.90 Å². The van der Waals surface area contributed by atoms with E-state index in [0.29, 0.717) is 18.2 Å². The van der Waals surface area contributed by atoms with Crippen LogP contribution in [0.1, 0.15) is 12.8 Å². The minimum Gasteiger partial charge on any atom is -0.399 e. The molecule has 0 aliphatic carbocycles. The lowest BCUT2D eigenvalue weighted by Crippen LogP contribution is -2.34. The van der Waals surface area contributed by atoms with Crippen LogP contribution in [0.2, 0.25) is 0 Å². The lowest BCUT2D eigenvalue weighted by molar-refractivity contribution is -0.116. The number of nitrogen functional groups attached to an aromatic ring is 1. The number of benzene rings is 1. The van der Waals surface area contributed by atoms with Crippen molar-refractivity contribution in [3.8, 4) is 0 Å². The molecule has 0 radical (unpaired) electrons. The fourth-order valence-electron chi connectivity index (χ4n) is 2.17. The quantitative estimate of drug-likeness (QED) is 0.786. The summed E-state index contributed by atoms with van der Waals surface area (Å²) in [6.07, 6.45) is 1.52. The van der Waals surface area contributed by atoms with Crippen molar-refractivity contribution >= 4 is 17.3 Å². The minimum atomic E-state index is 0.0105. The second kappa shape index (κ2) is 6.54. The molecule has 1 fully saturated rings. The average molecular weight is 263 g/mol. The van der Waals surface area contributed by atoms with Gasteiger partial charge in [-0.05, 0) is 31.7 Å². The van der Waals surface area contributed by atoms with Crippen molar-refractivity contribution < 1.29 is 9.53 Å². The highest BCUT2D eigenvalue weighted by molar-refractivity contribution is 5.91. The van der Waals surface area contributed by atoms with E-state index in [0.717, 1.165) is 31.9 Å². The van der Waals surface area contributed by atoms with Gasteiger partial charge in [0.15, 0.2) is 0 Å². The van der Waals surface area contributed by atoms with Crippen LogP contribution in [-0.2, 0) is 9.53 Å². The zero-order chi connectivity index (χ0) is 13.7. The number of hydrogen-bond donors (Lipinski definition) is 2. The van der Waals surface area contributed by atoms with Gasteiger partial charge in [-0.1, -0.05) is 6.07 Å². The second-order valence-corrected chi connectivity index (χ2v) is 4.92. The van der Waals surface area contributed by atoms with Gasteiger partial charge >= 0.3 is 0 Å². The molecule has 5 nitrogen and oxygen atoms in total. The summed E-state index contributed by atoms with van der Waals surface area (Å²) in [5.41, 5.74) is 7.06. The van der Waals surface area contributed by atoms with E-state index >= 15 is 0 Å². The molecule has 1 unspecified atom stereocenters. The summed E-state index contributed by atoms with van der Waals surface area (Å²) in [5, 5.41) is 2.85. The summed E-state index contributed by atoms with van der Waals surface area (Å²) >= 11 is 0. The molecule has 0 bridgehead atoms. The predicted molar refractivity (Wildman–Crippen MR) is 76.0 cm³/mol. The number of nitrogens with one attached hydrogen (secondary N) is 1. The molecule has 3 N–H and O–H groups in total. The molecule has 1 atom stereocenters. The van der Waals surface area contributed by atoms with Crippen LogP contribution in [0.4, 0.5) is 11.4 Å². The number of carbonyl (C=O) groups is 1. The summed E-state index contributed by atoms with van der Waals surface area (Å²) in [4.78, 5) is 14.0. The predicted octanol–water partition coefficient (Wildman–Crippen LogP) is 1.32. The number of nitrogens with zero attached hydrogens (tertiary/aromatic N) is 1. The molecule has 5 heteroatoms. The van der Waals surface area contributed by atoms with Gasteiger partial charge in [0, 0.05) is 37.0 Å². The Bertz CT molecular complexity index is 430. The number of nitrogens with two attached hydrogens (primary N) is 1. The molecule has 1 aromatic rings. The zero-order valence-corrected chi connectivity index (χ0v) is 11.3. The maximum atomic E-state index is 11.8. The number of likely N-dealkylation sites (N-methyl/N-ethyl adjacent to an activating group) is 1. The van der Waals surface area contributed by atoms with Crippen LogP contribution in [-0.4, -0.2) is 43.7 Å². The van der Waals surface area contributed by atoms with E-state index in [1.807, 2.05) is 19.2 Å². The highest BCUT2D eigenvalue weighted by Crippen LogP contribution is 2.13. The number of amides is 1. The van der Waals surface area contributed by atoms with Gasteiger partial charge < -0.3 is 20.7 Å². The van der Waals surface area contributed by atoms with Gasteiger partial charge in [-0.2, -0.15) is 0 Å². The lowest BCUT2D eigenvalue weighted by atomic mass is 10.2. The number of carbonyl (C=O) groups excluding carboxylic acids is 1. The second-order valence-electron chi connectivity index (χ2n) is 4.92. The Morgan fingerprint density at radius 2 is 2.42 bits per heavy atom. The molecule has 1 aromatic carbocycles. The molecular formula is C14H21N3O2. The molecule has 19 heavy (non-hydrogen) atoms. The van der Waals surface area contributed by atoms with Gasteiger partial charge in [-0.15, -0.1) is 0 Å². The van der Waals surface area contributed by atoms with Gasteiger partial charge in [0.05, 0.1) is 6.61 Å². The average Bonchev–Trinajstić information content (AvgIpc) is 2.90. The van der Waals surface area contributed by atoms with Crippen molar-refractivity contribution in [3.63, 3.8) is 0 Å². The van der Waals surface area contributed by atoms with Gasteiger partial charge in [0.25, 0.3) is 0 Å². The largest absolute Gasteiger partial charge is 0.399 e. The molecule has 1 saturated heterocycles. The minimum absolute atomic E-state index is 0.0105. The molecule has 0 saturated carbocycles. The van der Waals surface area contributed by atoms with Gasteiger partial charge in [0.2, 0.25) is 5.91 Å². The fraction of sp³-hybridized carbons (Fsp3) is 0.500. The molecule has 0 spiro atoms. The van der Waals surface area contributed by atoms with Crippen molar-refractivity contribution in [1.29, 1.82) is 0 Å². The summed E-state index contributed by atoms with van der Waals surface area (Å²) < 4.78 is 5.34. The lowest BCUT2D eigenvalue weighted by Gasteiger charge is -2.22. The van der Waals surface area contributed by atoms with E-state index in [1.54, 1.807) is 12.1 Å². The SMILES string of the molecule is CN(CCC(=O)Nc1cccc(N)c1)C1CCOC1. The summed E-state index contributed by atoms with van der Waals surface area (Å²) in [6.45, 7) is 2.33. The first-order chi connectivity index (χ1) is 9.15. The Kier molecular flexibility index (Phi) is 4.76. The molecule has 0 aromatic heterocycles. The maximum absolute atomic E-state index is 11.8. The van der Waals surface area contributed by atoms with Crippen LogP contribution < -0.4 is 11.1 Å². The van der Waals surface area contributed by atoms with Crippen LogP contribution in [0.5, 0.6) is 0 Å². The number of ether oxygens (including phenoxy) is 1. The molecule has 2 rings (SSSR count). The third kappa shape index (κ3) is 4.22. The van der Waals surface area contributed by atoms with Crippen LogP contribution in [0.25, 0.3) is 0 Å². The van der Waals surface area contributed by atoms with E-state index < -0.39 is 0 Å². The Balaban J connectivity index is 1.75. The summed E-state index contributed by atoms with van der Waals surface area (Å²) in [5.74, 6) is 0.0105. The Morgan fingerprint density at radius 1 is 1.58 bits per heavy atom. The van der Waals surface area contributed by atoms with E-state index in [-0.39, 0.29) is 5.91 Å². The first-order valence-corrected chi connectivity index (χ1v) is 6.58. The van der Waals surface area contributed by atoms with Crippen molar-refractivity contribution in [3.05, 3.63) is 24.3 Å². The molecule has 1 aliphatic heterocycles. The monoisotopic (exact) mass is 263 g/mol. The molecule has 1 heterocycles. The standard InChI is InChI=1S/C14H21N3O2/c1-17(13-6-8-19-10-13)7-5-14(18)16-12-4-2-3-11(15)9-12/h2-4,9,13H,5-8,10,15H2,1H3,(H,16,18). The van der Waals surface area contributed by atoms with Gasteiger partial charge in [-0.25, -0.2) is 0 Å². The van der Waals surface area contributed by atoms with Gasteiger partial charge in [0.1, 0.15) is 0 Å². The van der Waals surface area contributed by atoms with Crippen LogP contribution in [0.15, 0.2) is 24.3 Å².